The van der Waals surface area contributed by atoms with Crippen LogP contribution >= 0.6 is 0 Å². The van der Waals surface area contributed by atoms with E-state index in [9.17, 15) is 10.1 Å². The predicted octanol–water partition coefficient (Wildman–Crippen LogP) is 2.23. The minimum atomic E-state index is -0.468. The molecule has 1 rings (SSSR count). The van der Waals surface area contributed by atoms with Crippen LogP contribution in [0.25, 0.3) is 0 Å². The van der Waals surface area contributed by atoms with Crippen LogP contribution in [0, 0.1) is 16.0 Å². The molecule has 0 aliphatic rings. The van der Waals surface area contributed by atoms with Crippen molar-refractivity contribution in [2.24, 2.45) is 5.92 Å². The number of nitrogens with two attached hydrogens (primary N) is 1. The first-order valence-electron chi connectivity index (χ1n) is 6.55. The SMILES string of the molecule is CCC(CC)CN(CC)c1nc(N)ncc1[N+](=O)[O-]. The molecule has 0 aliphatic heterocycles. The fraction of sp³-hybridized carbons (Fsp3) is 0.667. The lowest BCUT2D eigenvalue weighted by atomic mass is 10.0. The van der Waals surface area contributed by atoms with Gasteiger partial charge in [0.25, 0.3) is 0 Å². The summed E-state index contributed by atoms with van der Waals surface area (Å²) >= 11 is 0. The number of nitrogens with zero attached hydrogens (tertiary/aromatic N) is 4. The molecule has 1 aromatic rings. The lowest BCUT2D eigenvalue weighted by Crippen LogP contribution is -2.30. The molecule has 0 aromatic carbocycles. The van der Waals surface area contributed by atoms with Crippen molar-refractivity contribution in [3.8, 4) is 0 Å². The Morgan fingerprint density at radius 1 is 1.42 bits per heavy atom. The van der Waals surface area contributed by atoms with Gasteiger partial charge in [-0.25, -0.2) is 4.98 Å². The third kappa shape index (κ3) is 3.77. The second kappa shape index (κ2) is 6.86. The molecule has 0 radical (unpaired) electrons. The smallest absolute Gasteiger partial charge is 0.329 e. The van der Waals surface area contributed by atoms with Gasteiger partial charge in [0.15, 0.2) is 0 Å². The Bertz CT molecular complexity index is 434. The summed E-state index contributed by atoms with van der Waals surface area (Å²) in [7, 11) is 0. The van der Waals surface area contributed by atoms with Crippen molar-refractivity contribution in [1.29, 1.82) is 0 Å². The first kappa shape index (κ1) is 15.1. The zero-order valence-corrected chi connectivity index (χ0v) is 11.7. The van der Waals surface area contributed by atoms with E-state index < -0.39 is 4.92 Å². The second-order valence-electron chi connectivity index (χ2n) is 4.42. The highest BCUT2D eigenvalue weighted by Gasteiger charge is 2.23. The predicted molar refractivity (Wildman–Crippen MR) is 75.1 cm³/mol. The Morgan fingerprint density at radius 3 is 2.53 bits per heavy atom. The molecule has 0 spiro atoms. The summed E-state index contributed by atoms with van der Waals surface area (Å²) in [5.74, 6) is 0.853. The number of hydrogen-bond donors (Lipinski definition) is 1. The monoisotopic (exact) mass is 267 g/mol. The summed E-state index contributed by atoms with van der Waals surface area (Å²) in [6.45, 7) is 7.56. The topological polar surface area (TPSA) is 98.2 Å². The molecule has 106 valence electrons. The maximum Gasteiger partial charge on any atom is 0.329 e. The number of hydrogen-bond acceptors (Lipinski definition) is 6. The van der Waals surface area contributed by atoms with Crippen LogP contribution < -0.4 is 10.6 Å². The van der Waals surface area contributed by atoms with Crippen molar-refractivity contribution < 1.29 is 4.92 Å². The van der Waals surface area contributed by atoms with Crippen LogP contribution in [-0.4, -0.2) is 28.0 Å². The van der Waals surface area contributed by atoms with Crippen LogP contribution in [0.3, 0.4) is 0 Å². The summed E-state index contributed by atoms with van der Waals surface area (Å²) in [5.41, 5.74) is 5.45. The molecule has 2 N–H and O–H groups in total. The Kier molecular flexibility index (Phi) is 5.47. The molecule has 7 heteroatoms. The number of aromatic nitrogens is 2. The van der Waals surface area contributed by atoms with Crippen molar-refractivity contribution in [1.82, 2.24) is 9.97 Å². The van der Waals surface area contributed by atoms with Crippen molar-refractivity contribution in [2.45, 2.75) is 33.6 Å². The molecule has 19 heavy (non-hydrogen) atoms. The van der Waals surface area contributed by atoms with Crippen LogP contribution in [-0.2, 0) is 0 Å². The maximum absolute atomic E-state index is 11.0. The molecule has 0 amide bonds. The number of rotatable bonds is 7. The third-order valence-electron chi connectivity index (χ3n) is 3.28. The number of nitro groups is 1. The molecule has 0 fully saturated rings. The fourth-order valence-electron chi connectivity index (χ4n) is 1.97. The summed E-state index contributed by atoms with van der Waals surface area (Å²) in [6.07, 6.45) is 3.23. The molecule has 0 bridgehead atoms. The zero-order valence-electron chi connectivity index (χ0n) is 11.7. The Labute approximate surface area is 113 Å². The summed E-state index contributed by atoms with van der Waals surface area (Å²) in [6, 6.07) is 0. The van der Waals surface area contributed by atoms with Gasteiger partial charge in [0.2, 0.25) is 11.8 Å². The average Bonchev–Trinajstić information content (AvgIpc) is 2.40. The quantitative estimate of drug-likeness (QED) is 0.601. The van der Waals surface area contributed by atoms with Gasteiger partial charge in [-0.1, -0.05) is 26.7 Å². The van der Waals surface area contributed by atoms with Crippen molar-refractivity contribution in [2.75, 3.05) is 23.7 Å². The second-order valence-corrected chi connectivity index (χ2v) is 4.42. The van der Waals surface area contributed by atoms with E-state index in [1.807, 2.05) is 11.8 Å². The average molecular weight is 267 g/mol. The largest absolute Gasteiger partial charge is 0.368 e. The zero-order chi connectivity index (χ0) is 14.4. The van der Waals surface area contributed by atoms with Crippen LogP contribution in [0.5, 0.6) is 0 Å². The molecule has 0 atom stereocenters. The van der Waals surface area contributed by atoms with E-state index in [1.165, 1.54) is 6.20 Å². The molecular formula is C12H21N5O2. The summed E-state index contributed by atoms with van der Waals surface area (Å²) in [4.78, 5) is 20.2. The van der Waals surface area contributed by atoms with Crippen molar-refractivity contribution >= 4 is 17.5 Å². The number of nitrogen functional groups attached to an aromatic ring is 1. The minimum Gasteiger partial charge on any atom is -0.368 e. The van der Waals surface area contributed by atoms with E-state index in [-0.39, 0.29) is 11.6 Å². The highest BCUT2D eigenvalue weighted by molar-refractivity contribution is 5.58. The van der Waals surface area contributed by atoms with Crippen LogP contribution in [0.15, 0.2) is 6.20 Å². The molecule has 1 aromatic heterocycles. The minimum absolute atomic E-state index is 0.0589. The first-order valence-corrected chi connectivity index (χ1v) is 6.55. The van der Waals surface area contributed by atoms with Gasteiger partial charge >= 0.3 is 5.69 Å². The molecule has 0 saturated heterocycles. The van der Waals surface area contributed by atoms with Gasteiger partial charge < -0.3 is 10.6 Å². The highest BCUT2D eigenvalue weighted by atomic mass is 16.6. The van der Waals surface area contributed by atoms with Crippen LogP contribution in [0.1, 0.15) is 33.6 Å². The van der Waals surface area contributed by atoms with E-state index in [1.54, 1.807) is 0 Å². The van der Waals surface area contributed by atoms with Gasteiger partial charge in [-0.05, 0) is 12.8 Å². The van der Waals surface area contributed by atoms with Gasteiger partial charge in [0.05, 0.1) is 4.92 Å². The van der Waals surface area contributed by atoms with E-state index in [0.717, 1.165) is 19.4 Å². The van der Waals surface area contributed by atoms with Gasteiger partial charge in [-0.2, -0.15) is 4.98 Å². The Balaban J connectivity index is 3.09. The summed E-state index contributed by atoms with van der Waals surface area (Å²) < 4.78 is 0. The molecule has 0 aliphatic carbocycles. The third-order valence-corrected chi connectivity index (χ3v) is 3.28. The Morgan fingerprint density at radius 2 is 2.05 bits per heavy atom. The lowest BCUT2D eigenvalue weighted by molar-refractivity contribution is -0.384. The van der Waals surface area contributed by atoms with E-state index >= 15 is 0 Å². The van der Waals surface area contributed by atoms with Gasteiger partial charge in [-0.3, -0.25) is 10.1 Å². The molecule has 1 heterocycles. The number of anilines is 2. The van der Waals surface area contributed by atoms with Gasteiger partial charge in [0.1, 0.15) is 6.20 Å². The van der Waals surface area contributed by atoms with E-state index in [4.69, 9.17) is 5.73 Å². The van der Waals surface area contributed by atoms with Crippen LogP contribution in [0.4, 0.5) is 17.5 Å². The van der Waals surface area contributed by atoms with E-state index in [2.05, 4.69) is 23.8 Å². The molecule has 0 saturated carbocycles. The first-order chi connectivity index (χ1) is 9.03. The lowest BCUT2D eigenvalue weighted by Gasteiger charge is -2.25. The summed E-state index contributed by atoms with van der Waals surface area (Å²) in [5, 5.41) is 11.0. The van der Waals surface area contributed by atoms with Crippen LogP contribution in [0.2, 0.25) is 0 Å². The standard InChI is InChI=1S/C12H21N5O2/c1-4-9(5-2)8-16(6-3)11-10(17(18)19)7-14-12(13)15-11/h7,9H,4-6,8H2,1-3H3,(H2,13,14,15). The Hall–Kier alpha value is -1.92. The van der Waals surface area contributed by atoms with Crippen molar-refractivity contribution in [3.05, 3.63) is 16.3 Å². The molecule has 7 nitrogen and oxygen atoms in total. The molecule has 0 unspecified atom stereocenters. The normalized spacial score (nSPS) is 10.7. The van der Waals surface area contributed by atoms with Gasteiger partial charge in [-0.15, -0.1) is 0 Å². The van der Waals surface area contributed by atoms with Crippen molar-refractivity contribution in [3.63, 3.8) is 0 Å². The maximum atomic E-state index is 11.0. The van der Waals surface area contributed by atoms with Gasteiger partial charge in [0, 0.05) is 13.1 Å². The fourth-order valence-corrected chi connectivity index (χ4v) is 1.97. The highest BCUT2D eigenvalue weighted by Crippen LogP contribution is 2.26. The molecular weight excluding hydrogens is 246 g/mol. The van der Waals surface area contributed by atoms with E-state index in [0.29, 0.717) is 18.3 Å².